The van der Waals surface area contributed by atoms with Crippen LogP contribution in [0.5, 0.6) is 0 Å². The Kier molecular flexibility index (Phi) is 8.01. The summed E-state index contributed by atoms with van der Waals surface area (Å²) in [7, 11) is 1.36. The third kappa shape index (κ3) is 5.86. The Morgan fingerprint density at radius 2 is 1.71 bits per heavy atom. The van der Waals surface area contributed by atoms with Gasteiger partial charge in [-0.15, -0.1) is 0 Å². The fraction of sp³-hybridized carbons (Fsp3) is 0.429. The Morgan fingerprint density at radius 1 is 0.971 bits per heavy atom. The minimum absolute atomic E-state index is 0.0634. The molecule has 1 amide bonds. The van der Waals surface area contributed by atoms with Crippen molar-refractivity contribution in [3.8, 4) is 11.1 Å². The first-order valence-electron chi connectivity index (χ1n) is 12.3. The fourth-order valence-corrected chi connectivity index (χ4v) is 4.81. The quantitative estimate of drug-likeness (QED) is 0.358. The second-order valence-corrected chi connectivity index (χ2v) is 9.31. The smallest absolute Gasteiger partial charge is 0.354 e. The Labute approximate surface area is 201 Å². The number of rotatable bonds is 9. The average molecular weight is 462 g/mol. The predicted octanol–water partition coefficient (Wildman–Crippen LogP) is 4.69. The summed E-state index contributed by atoms with van der Waals surface area (Å²) in [5.74, 6) is 0.193. The summed E-state index contributed by atoms with van der Waals surface area (Å²) in [4.78, 5) is 25.2. The van der Waals surface area contributed by atoms with Crippen molar-refractivity contribution >= 4 is 22.8 Å². The molecule has 3 aromatic rings. The third-order valence-corrected chi connectivity index (χ3v) is 6.77. The maximum Gasteiger partial charge on any atom is 0.354 e. The van der Waals surface area contributed by atoms with E-state index in [0.717, 1.165) is 41.0 Å². The highest BCUT2D eigenvalue weighted by atomic mass is 16.5. The second-order valence-electron chi connectivity index (χ2n) is 9.31. The van der Waals surface area contributed by atoms with E-state index in [0.29, 0.717) is 12.2 Å². The van der Waals surface area contributed by atoms with Gasteiger partial charge in [0.05, 0.1) is 7.11 Å². The second kappa shape index (κ2) is 11.3. The van der Waals surface area contributed by atoms with E-state index in [-0.39, 0.29) is 12.5 Å². The summed E-state index contributed by atoms with van der Waals surface area (Å²) < 4.78 is 6.74. The monoisotopic (exact) mass is 461 g/mol. The van der Waals surface area contributed by atoms with Crippen LogP contribution in [0.2, 0.25) is 0 Å². The van der Waals surface area contributed by atoms with Crippen LogP contribution in [-0.4, -0.2) is 43.2 Å². The Balaban J connectivity index is 1.44. The highest BCUT2D eigenvalue weighted by Gasteiger charge is 2.19. The van der Waals surface area contributed by atoms with Gasteiger partial charge in [0.2, 0.25) is 5.91 Å². The first kappa shape index (κ1) is 24.0. The molecule has 6 heteroatoms. The highest BCUT2D eigenvalue weighted by molar-refractivity contribution is 5.98. The number of esters is 1. The van der Waals surface area contributed by atoms with Crippen molar-refractivity contribution in [1.82, 2.24) is 15.2 Å². The van der Waals surface area contributed by atoms with Crippen molar-refractivity contribution in [3.63, 3.8) is 0 Å². The van der Waals surface area contributed by atoms with Crippen molar-refractivity contribution in [3.05, 3.63) is 59.8 Å². The summed E-state index contributed by atoms with van der Waals surface area (Å²) in [6.07, 6.45) is 6.65. The van der Waals surface area contributed by atoms with Crippen molar-refractivity contribution in [2.75, 3.05) is 26.7 Å². The lowest BCUT2D eigenvalue weighted by atomic mass is 9.89. The maximum atomic E-state index is 12.8. The lowest BCUT2D eigenvalue weighted by Gasteiger charge is -2.21. The van der Waals surface area contributed by atoms with Gasteiger partial charge in [-0.3, -0.25) is 4.79 Å². The molecule has 1 aromatic heterocycles. The van der Waals surface area contributed by atoms with E-state index in [9.17, 15) is 9.59 Å². The molecule has 1 aliphatic carbocycles. The van der Waals surface area contributed by atoms with E-state index in [1.807, 2.05) is 18.2 Å². The van der Waals surface area contributed by atoms with Crippen molar-refractivity contribution in [2.24, 2.45) is 5.92 Å². The van der Waals surface area contributed by atoms with Gasteiger partial charge >= 0.3 is 5.97 Å². The zero-order valence-corrected chi connectivity index (χ0v) is 20.2. The van der Waals surface area contributed by atoms with E-state index in [1.54, 1.807) is 10.6 Å². The number of methoxy groups -OCH3 is 1. The molecular weight excluding hydrogens is 426 g/mol. The van der Waals surface area contributed by atoms with Crippen LogP contribution in [0.25, 0.3) is 22.0 Å². The molecule has 4 rings (SSSR count). The van der Waals surface area contributed by atoms with E-state index in [4.69, 9.17) is 4.74 Å². The minimum Gasteiger partial charge on any atom is -0.464 e. The molecule has 2 N–H and O–H groups in total. The summed E-state index contributed by atoms with van der Waals surface area (Å²) >= 11 is 0. The van der Waals surface area contributed by atoms with Gasteiger partial charge in [-0.2, -0.15) is 0 Å². The number of benzene rings is 2. The van der Waals surface area contributed by atoms with Crippen LogP contribution in [0, 0.1) is 12.8 Å². The van der Waals surface area contributed by atoms with Gasteiger partial charge < -0.3 is 19.9 Å². The number of aryl methyl sites for hydroxylation is 1. The van der Waals surface area contributed by atoms with Gasteiger partial charge in [0.25, 0.3) is 0 Å². The van der Waals surface area contributed by atoms with Crippen LogP contribution in [-0.2, 0) is 16.1 Å². The molecular formula is C28H35N3O3. The molecule has 0 aliphatic heterocycles. The van der Waals surface area contributed by atoms with E-state index in [2.05, 4.69) is 41.8 Å². The van der Waals surface area contributed by atoms with Crippen LogP contribution in [0.15, 0.2) is 48.5 Å². The zero-order valence-electron chi connectivity index (χ0n) is 20.2. The van der Waals surface area contributed by atoms with Gasteiger partial charge in [0.1, 0.15) is 12.2 Å². The first-order valence-corrected chi connectivity index (χ1v) is 12.3. The number of carbonyl (C=O) groups is 2. The number of amides is 1. The maximum absolute atomic E-state index is 12.8. The topological polar surface area (TPSA) is 72.4 Å². The molecule has 2 aromatic carbocycles. The molecule has 1 saturated carbocycles. The van der Waals surface area contributed by atoms with Gasteiger partial charge in [0.15, 0.2) is 0 Å². The van der Waals surface area contributed by atoms with Crippen molar-refractivity contribution < 1.29 is 14.3 Å². The molecule has 0 unspecified atom stereocenters. The van der Waals surface area contributed by atoms with Crippen LogP contribution in [0.1, 0.15) is 48.2 Å². The number of aromatic nitrogens is 1. The fourth-order valence-electron chi connectivity index (χ4n) is 4.81. The van der Waals surface area contributed by atoms with Gasteiger partial charge in [-0.1, -0.05) is 61.2 Å². The number of ether oxygens (including phenoxy) is 1. The summed E-state index contributed by atoms with van der Waals surface area (Å²) in [5.41, 5.74) is 4.54. The SMILES string of the molecule is COC(=O)c1cc2ccc(-c3ccc(C)cc3)cc2n1CC(=O)NCCNCC1CCCCC1. The summed E-state index contributed by atoms with van der Waals surface area (Å²) in [5, 5.41) is 7.36. The van der Waals surface area contributed by atoms with Crippen LogP contribution < -0.4 is 10.6 Å². The third-order valence-electron chi connectivity index (χ3n) is 6.77. The van der Waals surface area contributed by atoms with Gasteiger partial charge in [0, 0.05) is 24.0 Å². The zero-order chi connectivity index (χ0) is 23.9. The molecule has 0 spiro atoms. The molecule has 180 valence electrons. The molecule has 34 heavy (non-hydrogen) atoms. The van der Waals surface area contributed by atoms with Crippen LogP contribution >= 0.6 is 0 Å². The number of nitrogens with zero attached hydrogens (tertiary/aromatic N) is 1. The first-order chi connectivity index (χ1) is 16.5. The standard InChI is InChI=1S/C28H35N3O3/c1-20-8-10-22(11-9-20)23-12-13-24-17-26(28(33)34-2)31(25(24)16-23)19-27(32)30-15-14-29-18-21-6-4-3-5-7-21/h8-13,16-17,21,29H,3-7,14-15,18-19H2,1-2H3,(H,30,32). The Bertz CT molecular complexity index is 1130. The molecule has 1 fully saturated rings. The van der Waals surface area contributed by atoms with E-state index < -0.39 is 5.97 Å². The van der Waals surface area contributed by atoms with Gasteiger partial charge in [-0.05, 0) is 55.5 Å². The largest absolute Gasteiger partial charge is 0.464 e. The van der Waals surface area contributed by atoms with E-state index >= 15 is 0 Å². The molecule has 1 aliphatic rings. The summed E-state index contributed by atoms with van der Waals surface area (Å²) in [6, 6.07) is 16.2. The number of nitrogens with one attached hydrogen (secondary N) is 2. The van der Waals surface area contributed by atoms with E-state index in [1.165, 1.54) is 44.8 Å². The van der Waals surface area contributed by atoms with Crippen LogP contribution in [0.4, 0.5) is 0 Å². The number of carbonyl (C=O) groups excluding carboxylic acids is 2. The number of hydrogen-bond acceptors (Lipinski definition) is 4. The lowest BCUT2D eigenvalue weighted by Crippen LogP contribution is -2.36. The molecule has 0 atom stereocenters. The Morgan fingerprint density at radius 3 is 2.44 bits per heavy atom. The van der Waals surface area contributed by atoms with Crippen LogP contribution in [0.3, 0.4) is 0 Å². The lowest BCUT2D eigenvalue weighted by molar-refractivity contribution is -0.121. The van der Waals surface area contributed by atoms with Gasteiger partial charge in [-0.25, -0.2) is 4.79 Å². The average Bonchev–Trinajstić information content (AvgIpc) is 3.22. The summed E-state index contributed by atoms with van der Waals surface area (Å²) in [6.45, 7) is 4.45. The predicted molar refractivity (Wildman–Crippen MR) is 136 cm³/mol. The normalized spacial score (nSPS) is 14.3. The molecule has 6 nitrogen and oxygen atoms in total. The number of fused-ring (bicyclic) bond motifs is 1. The number of hydrogen-bond donors (Lipinski definition) is 2. The molecule has 0 saturated heterocycles. The highest BCUT2D eigenvalue weighted by Crippen LogP contribution is 2.28. The van der Waals surface area contributed by atoms with Crippen molar-refractivity contribution in [2.45, 2.75) is 45.6 Å². The molecule has 0 radical (unpaired) electrons. The van der Waals surface area contributed by atoms with Crippen molar-refractivity contribution in [1.29, 1.82) is 0 Å². The molecule has 1 heterocycles. The minimum atomic E-state index is -0.449. The Hall–Kier alpha value is -3.12. The molecule has 0 bridgehead atoms.